The van der Waals surface area contributed by atoms with Crippen molar-refractivity contribution in [3.63, 3.8) is 0 Å². The third-order valence-corrected chi connectivity index (χ3v) is 10.2. The van der Waals surface area contributed by atoms with E-state index in [4.69, 9.17) is 9.98 Å². The smallest absolute Gasteiger partial charge is 0.687 e. The standard InChI is InChI=1S/C34H32N5O6S2.Na/c1-19-11-14-31(46(40,41)42)21(3)34(19)39-29-16-22(38(5)6)12-13-25(29)37-33-24-10-8-7-9-23(24)27(17-30(33)39)36-28-15-20(2)26(35-4)18-32(28)47(43,44)45;/h7-18H,1-6H3,(H,40,41,42)(H,43,44,45);/q-1;+1. The first kappa shape index (κ1) is 35.5. The Morgan fingerprint density at radius 3 is 2.10 bits per heavy atom. The van der Waals surface area contributed by atoms with Crippen LogP contribution in [0.3, 0.4) is 0 Å². The molecular formula is C34H32N5NaO6S2. The quantitative estimate of drug-likeness (QED) is 0.116. The van der Waals surface area contributed by atoms with E-state index in [9.17, 15) is 25.9 Å². The predicted octanol–water partition coefficient (Wildman–Crippen LogP) is 3.64. The van der Waals surface area contributed by atoms with Crippen LogP contribution in [-0.4, -0.2) is 56.6 Å². The molecule has 2 N–H and O–H groups in total. The van der Waals surface area contributed by atoms with Crippen LogP contribution < -0.4 is 39.8 Å². The van der Waals surface area contributed by atoms with Crippen LogP contribution in [0.1, 0.15) is 16.7 Å². The maximum Gasteiger partial charge on any atom is 1.00 e. The van der Waals surface area contributed by atoms with Gasteiger partial charge in [-0.25, -0.2) is 9.98 Å². The predicted molar refractivity (Wildman–Crippen MR) is 184 cm³/mol. The van der Waals surface area contributed by atoms with Gasteiger partial charge >= 0.3 is 29.6 Å². The van der Waals surface area contributed by atoms with Crippen LogP contribution in [0, 0.1) is 20.8 Å². The molecule has 0 aromatic heterocycles. The fraction of sp³-hybridized carbons (Fsp3) is 0.176. The Labute approximate surface area is 301 Å². The van der Waals surface area contributed by atoms with Crippen LogP contribution >= 0.6 is 0 Å². The molecule has 0 fully saturated rings. The van der Waals surface area contributed by atoms with Gasteiger partial charge < -0.3 is 14.8 Å². The molecule has 6 rings (SSSR count). The summed E-state index contributed by atoms with van der Waals surface area (Å²) in [6.07, 6.45) is 0. The van der Waals surface area contributed by atoms with Gasteiger partial charge in [0, 0.05) is 30.6 Å². The van der Waals surface area contributed by atoms with Gasteiger partial charge in [0.1, 0.15) is 4.90 Å². The Hall–Kier alpha value is -3.82. The van der Waals surface area contributed by atoms with E-state index in [0.717, 1.165) is 11.3 Å². The third-order valence-electron chi connectivity index (χ3n) is 8.29. The first-order valence-electron chi connectivity index (χ1n) is 14.5. The first-order valence-corrected chi connectivity index (χ1v) is 17.4. The van der Waals surface area contributed by atoms with Crippen molar-refractivity contribution in [2.75, 3.05) is 26.0 Å². The molecule has 0 radical (unpaired) electrons. The summed E-state index contributed by atoms with van der Waals surface area (Å²) in [4.78, 5) is 11.2. The molecule has 14 heteroatoms. The van der Waals surface area contributed by atoms with E-state index in [1.807, 2.05) is 73.0 Å². The number of hydrogen-bond donors (Lipinski definition) is 2. The molecule has 0 atom stereocenters. The Morgan fingerprint density at radius 1 is 0.812 bits per heavy atom. The molecule has 0 unspecified atom stereocenters. The minimum atomic E-state index is -4.68. The van der Waals surface area contributed by atoms with Gasteiger partial charge in [-0.3, -0.25) is 9.11 Å². The zero-order chi connectivity index (χ0) is 34.0. The second kappa shape index (κ2) is 12.9. The zero-order valence-electron chi connectivity index (χ0n) is 27.5. The summed E-state index contributed by atoms with van der Waals surface area (Å²) >= 11 is 0. The molecule has 1 aliphatic heterocycles. The van der Waals surface area contributed by atoms with E-state index in [1.54, 1.807) is 32.0 Å². The molecule has 242 valence electrons. The van der Waals surface area contributed by atoms with Crippen molar-refractivity contribution in [1.82, 2.24) is 9.55 Å². The summed E-state index contributed by atoms with van der Waals surface area (Å²) in [5, 5.41) is 5.90. The summed E-state index contributed by atoms with van der Waals surface area (Å²) in [5.74, 6) is 0. The number of benzene rings is 5. The first-order chi connectivity index (χ1) is 22.1. The number of hydrogen-bond acceptors (Lipinski definition) is 7. The second-order valence-electron chi connectivity index (χ2n) is 11.6. The summed E-state index contributed by atoms with van der Waals surface area (Å²) in [6.45, 7) is 5.26. The fourth-order valence-corrected chi connectivity index (χ4v) is 7.38. The van der Waals surface area contributed by atoms with E-state index < -0.39 is 20.2 Å². The van der Waals surface area contributed by atoms with Gasteiger partial charge in [0.2, 0.25) is 0 Å². The molecule has 0 saturated heterocycles. The van der Waals surface area contributed by atoms with E-state index in [0.29, 0.717) is 61.1 Å². The van der Waals surface area contributed by atoms with Crippen molar-refractivity contribution in [3.8, 4) is 17.1 Å². The van der Waals surface area contributed by atoms with Crippen LogP contribution in [-0.2, 0) is 20.2 Å². The van der Waals surface area contributed by atoms with Gasteiger partial charge in [-0.2, -0.15) is 16.8 Å². The van der Waals surface area contributed by atoms with Crippen LogP contribution in [0.15, 0.2) is 87.6 Å². The molecule has 1 aliphatic carbocycles. The van der Waals surface area contributed by atoms with E-state index in [2.05, 4.69) is 5.32 Å². The van der Waals surface area contributed by atoms with Crippen LogP contribution in [0.25, 0.3) is 44.2 Å². The number of nitrogens with zero attached hydrogens (tertiary/aromatic N) is 5. The summed E-state index contributed by atoms with van der Waals surface area (Å²) in [7, 11) is -3.90. The van der Waals surface area contributed by atoms with Crippen molar-refractivity contribution in [2.45, 2.75) is 30.6 Å². The number of aromatic nitrogens is 2. The van der Waals surface area contributed by atoms with Crippen molar-refractivity contribution < 1.29 is 55.5 Å². The third kappa shape index (κ3) is 6.23. The summed E-state index contributed by atoms with van der Waals surface area (Å²) in [6, 6.07) is 20.9. The van der Waals surface area contributed by atoms with Crippen LogP contribution in [0.4, 0.5) is 17.1 Å². The average molecular weight is 694 g/mol. The fourth-order valence-electron chi connectivity index (χ4n) is 6.03. The maximum atomic E-state index is 12.5. The topological polar surface area (TPSA) is 156 Å². The monoisotopic (exact) mass is 693 g/mol. The number of rotatable bonds is 6. The summed E-state index contributed by atoms with van der Waals surface area (Å²) < 4.78 is 72.2. The second-order valence-corrected chi connectivity index (χ2v) is 14.3. The van der Waals surface area contributed by atoms with E-state index in [1.165, 1.54) is 19.2 Å². The number of anilines is 1. The van der Waals surface area contributed by atoms with E-state index >= 15 is 0 Å². The van der Waals surface area contributed by atoms with Crippen molar-refractivity contribution in [1.29, 1.82) is 0 Å². The van der Waals surface area contributed by atoms with Gasteiger partial charge in [-0.1, -0.05) is 42.0 Å². The normalized spacial score (nSPS) is 12.5. The molecule has 0 spiro atoms. The van der Waals surface area contributed by atoms with Crippen LogP contribution in [0.2, 0.25) is 0 Å². The largest absolute Gasteiger partial charge is 1.00 e. The summed E-state index contributed by atoms with van der Waals surface area (Å²) in [5.41, 5.74) is 5.98. The molecule has 4 aromatic rings. The number of aryl methyl sites for hydroxylation is 2. The van der Waals surface area contributed by atoms with Gasteiger partial charge in [0.25, 0.3) is 20.2 Å². The minimum Gasteiger partial charge on any atom is -0.687 e. The van der Waals surface area contributed by atoms with Crippen molar-refractivity contribution >= 4 is 59.1 Å². The molecule has 2 aliphatic rings. The number of fused-ring (bicyclic) bond motifs is 4. The molecule has 1 heterocycles. The molecule has 11 nitrogen and oxygen atoms in total. The molecule has 0 bridgehead atoms. The zero-order valence-corrected chi connectivity index (χ0v) is 31.1. The maximum absolute atomic E-state index is 12.5. The van der Waals surface area contributed by atoms with Gasteiger partial charge in [-0.05, 0) is 68.3 Å². The Morgan fingerprint density at radius 2 is 1.48 bits per heavy atom. The molecule has 48 heavy (non-hydrogen) atoms. The Kier molecular flexibility index (Phi) is 9.53. The Balaban J connectivity index is 0.00000451. The molecule has 0 amide bonds. The van der Waals surface area contributed by atoms with Crippen LogP contribution in [0.5, 0.6) is 0 Å². The Bertz CT molecular complexity index is 2530. The van der Waals surface area contributed by atoms with Gasteiger partial charge in [-0.15, -0.1) is 12.7 Å². The minimum absolute atomic E-state index is 0. The van der Waals surface area contributed by atoms with Gasteiger partial charge in [0.05, 0.1) is 44.0 Å². The molecule has 4 aromatic carbocycles. The SMILES string of the molecule is C[N-]c1cc(S(=O)(=O)O)c(N=c2cc3n(-c4c(C)ccc(S(=O)(=O)O)c4C)c4cc(N(C)C)ccc4nc-3c3ccccc23)cc1C.[Na+]. The molecule has 0 saturated carbocycles. The van der Waals surface area contributed by atoms with E-state index in [-0.39, 0.29) is 45.0 Å². The van der Waals surface area contributed by atoms with Gasteiger partial charge in [0.15, 0.2) is 0 Å². The molecular weight excluding hydrogens is 662 g/mol. The van der Waals surface area contributed by atoms with Crippen molar-refractivity contribution in [3.05, 3.63) is 100 Å². The average Bonchev–Trinajstić information content (AvgIpc) is 2.99. The van der Waals surface area contributed by atoms with Crippen molar-refractivity contribution in [2.24, 2.45) is 4.99 Å².